The molecule has 3 heteroatoms. The first-order chi connectivity index (χ1) is 17.9. The molecule has 1 aromatic carbocycles. The van der Waals surface area contributed by atoms with Gasteiger partial charge in [-0.25, -0.2) is 0 Å². The second-order valence-electron chi connectivity index (χ2n) is 12.6. The first-order valence-corrected chi connectivity index (χ1v) is 15.6. The van der Waals surface area contributed by atoms with Crippen LogP contribution in [0.2, 0.25) is 0 Å². The maximum absolute atomic E-state index is 12.2. The number of hydrogen-bond acceptors (Lipinski definition) is 2. The van der Waals surface area contributed by atoms with Crippen molar-refractivity contribution in [3.8, 4) is 0 Å². The van der Waals surface area contributed by atoms with Gasteiger partial charge in [-0.05, 0) is 73.8 Å². The van der Waals surface area contributed by atoms with E-state index in [0.717, 1.165) is 28.9 Å². The van der Waals surface area contributed by atoms with Crippen molar-refractivity contribution in [2.45, 2.75) is 134 Å². The fraction of sp³-hybridized carbons (Fsp3) is 0.706. The summed E-state index contributed by atoms with van der Waals surface area (Å²) in [5.74, 6) is 2.55. The van der Waals surface area contributed by atoms with Gasteiger partial charge >= 0.3 is 0 Å². The minimum absolute atomic E-state index is 0.0945. The first-order valence-electron chi connectivity index (χ1n) is 15.6. The van der Waals surface area contributed by atoms with Gasteiger partial charge in [0, 0.05) is 16.9 Å². The van der Waals surface area contributed by atoms with Crippen molar-refractivity contribution in [2.24, 2.45) is 17.8 Å². The third-order valence-electron chi connectivity index (χ3n) is 10.5. The molecule has 4 rings (SSSR count). The lowest BCUT2D eigenvalue weighted by molar-refractivity contribution is -0.563. The Morgan fingerprint density at radius 1 is 0.919 bits per heavy atom. The molecule has 0 amide bonds. The minimum Gasteiger partial charge on any atom is -0.263 e. The van der Waals surface area contributed by atoms with Crippen LogP contribution in [0, 0.1) is 27.9 Å². The molecule has 1 aromatic rings. The van der Waals surface area contributed by atoms with E-state index in [0.29, 0.717) is 6.42 Å². The van der Waals surface area contributed by atoms with Gasteiger partial charge in [-0.1, -0.05) is 120 Å². The summed E-state index contributed by atoms with van der Waals surface area (Å²) in [4.78, 5) is 12.1. The molecule has 2 fully saturated rings. The highest BCUT2D eigenvalue weighted by Crippen LogP contribution is 2.53. The predicted molar refractivity (Wildman–Crippen MR) is 155 cm³/mol. The highest BCUT2D eigenvalue weighted by molar-refractivity contribution is 5.39. The van der Waals surface area contributed by atoms with Crippen LogP contribution in [0.5, 0.6) is 0 Å². The summed E-state index contributed by atoms with van der Waals surface area (Å²) in [6.45, 7) is 6.70. The van der Waals surface area contributed by atoms with Gasteiger partial charge in [-0.3, -0.25) is 10.1 Å². The molecule has 0 heterocycles. The van der Waals surface area contributed by atoms with Gasteiger partial charge in [-0.2, -0.15) is 0 Å². The molecule has 37 heavy (non-hydrogen) atoms. The third-order valence-corrected chi connectivity index (χ3v) is 10.5. The topological polar surface area (TPSA) is 43.1 Å². The Bertz CT molecular complexity index is 939. The molecule has 3 aliphatic carbocycles. The Labute approximate surface area is 226 Å². The first kappa shape index (κ1) is 28.1. The molecule has 204 valence electrons. The maximum atomic E-state index is 12.2. The van der Waals surface area contributed by atoms with E-state index < -0.39 is 5.54 Å². The molecule has 3 unspecified atom stereocenters. The number of benzene rings is 1. The van der Waals surface area contributed by atoms with Gasteiger partial charge < -0.3 is 0 Å². The van der Waals surface area contributed by atoms with Crippen molar-refractivity contribution < 1.29 is 4.92 Å². The summed E-state index contributed by atoms with van der Waals surface area (Å²) in [6, 6.07) is 8.69. The van der Waals surface area contributed by atoms with Crippen LogP contribution in [-0.4, -0.2) is 4.92 Å². The van der Waals surface area contributed by atoms with Crippen LogP contribution in [0.3, 0.4) is 0 Å². The zero-order valence-corrected chi connectivity index (χ0v) is 23.9. The fourth-order valence-corrected chi connectivity index (χ4v) is 8.14. The minimum atomic E-state index is -1.13. The molecule has 0 bridgehead atoms. The SMILES string of the molecule is CCCCCCCC1CCC(C2CCCCC2(CC)c2ccc(C3([N+](=O)[O-])C=CC(C)=CC3)cc2)CC1. The summed E-state index contributed by atoms with van der Waals surface area (Å²) in [5.41, 5.74) is 2.47. The van der Waals surface area contributed by atoms with Crippen molar-refractivity contribution in [1.29, 1.82) is 0 Å². The van der Waals surface area contributed by atoms with E-state index in [2.05, 4.69) is 38.1 Å². The highest BCUT2D eigenvalue weighted by atomic mass is 16.6. The van der Waals surface area contributed by atoms with Crippen molar-refractivity contribution in [2.75, 3.05) is 0 Å². The van der Waals surface area contributed by atoms with Crippen LogP contribution in [0.1, 0.15) is 135 Å². The predicted octanol–water partition coefficient (Wildman–Crippen LogP) is 10.1. The third kappa shape index (κ3) is 6.07. The molecule has 0 aliphatic heterocycles. The van der Waals surface area contributed by atoms with Gasteiger partial charge in [0.2, 0.25) is 0 Å². The lowest BCUT2D eigenvalue weighted by Crippen LogP contribution is -2.43. The molecular weight excluding hydrogens is 454 g/mol. The Morgan fingerprint density at radius 3 is 2.24 bits per heavy atom. The molecular formula is C34H51NO2. The summed E-state index contributed by atoms with van der Waals surface area (Å²) in [5, 5.41) is 12.2. The monoisotopic (exact) mass is 505 g/mol. The quantitative estimate of drug-likeness (QED) is 0.170. The number of nitrogens with zero attached hydrogens (tertiary/aromatic N) is 1. The maximum Gasteiger partial charge on any atom is 0.269 e. The van der Waals surface area contributed by atoms with Gasteiger partial charge in [0.1, 0.15) is 0 Å². The Kier molecular flexibility index (Phi) is 9.70. The van der Waals surface area contributed by atoms with E-state index in [-0.39, 0.29) is 10.3 Å². The number of rotatable bonds is 11. The number of unbranched alkanes of at least 4 members (excludes halogenated alkanes) is 4. The Hall–Kier alpha value is -1.90. The summed E-state index contributed by atoms with van der Waals surface area (Å²) in [7, 11) is 0. The lowest BCUT2D eigenvalue weighted by atomic mass is 9.55. The van der Waals surface area contributed by atoms with Crippen molar-refractivity contribution in [3.63, 3.8) is 0 Å². The molecule has 0 N–H and O–H groups in total. The van der Waals surface area contributed by atoms with Gasteiger partial charge in [0.05, 0.1) is 0 Å². The van der Waals surface area contributed by atoms with E-state index >= 15 is 0 Å². The second-order valence-corrected chi connectivity index (χ2v) is 12.6. The molecule has 0 spiro atoms. The van der Waals surface area contributed by atoms with Crippen molar-refractivity contribution in [1.82, 2.24) is 0 Å². The average molecular weight is 506 g/mol. The number of hydrogen-bond donors (Lipinski definition) is 0. The molecule has 3 atom stereocenters. The van der Waals surface area contributed by atoms with Crippen molar-refractivity contribution >= 4 is 0 Å². The molecule has 0 saturated heterocycles. The summed E-state index contributed by atoms with van der Waals surface area (Å²) in [6.07, 6.45) is 26.8. The van der Waals surface area contributed by atoms with Crippen LogP contribution in [-0.2, 0) is 11.0 Å². The molecule has 2 saturated carbocycles. The lowest BCUT2D eigenvalue weighted by Gasteiger charge is -2.50. The molecule has 3 aliphatic rings. The molecule has 0 radical (unpaired) electrons. The van der Waals surface area contributed by atoms with Crippen LogP contribution < -0.4 is 0 Å². The zero-order chi connectivity index (χ0) is 26.3. The average Bonchev–Trinajstić information content (AvgIpc) is 2.94. The van der Waals surface area contributed by atoms with Crippen LogP contribution in [0.25, 0.3) is 0 Å². The second kappa shape index (κ2) is 12.8. The van der Waals surface area contributed by atoms with Crippen LogP contribution in [0.15, 0.2) is 48.1 Å². The standard InChI is InChI=1S/C34H51NO2/c1-4-6-7-8-9-12-28-14-16-29(17-15-28)32-13-10-11-24-33(32,5-2)30-18-20-31(21-19-30)34(35(36)37)25-22-27(3)23-26-34/h18-23,25,28-29,32H,4-17,24,26H2,1-3H3. The van der Waals surface area contributed by atoms with Crippen LogP contribution >= 0.6 is 0 Å². The molecule has 3 nitrogen and oxygen atoms in total. The summed E-state index contributed by atoms with van der Waals surface area (Å²) >= 11 is 0. The molecule has 0 aromatic heterocycles. The van der Waals surface area contributed by atoms with Gasteiger partial charge in [0.15, 0.2) is 0 Å². The van der Waals surface area contributed by atoms with E-state index in [4.69, 9.17) is 0 Å². The van der Waals surface area contributed by atoms with Gasteiger partial charge in [-0.15, -0.1) is 0 Å². The number of allylic oxidation sites excluding steroid dienone is 2. The van der Waals surface area contributed by atoms with Gasteiger partial charge in [0.25, 0.3) is 5.54 Å². The number of nitro groups is 1. The van der Waals surface area contributed by atoms with E-state index in [9.17, 15) is 10.1 Å². The van der Waals surface area contributed by atoms with E-state index in [1.807, 2.05) is 19.1 Å². The Morgan fingerprint density at radius 2 is 1.62 bits per heavy atom. The zero-order valence-electron chi connectivity index (χ0n) is 23.9. The summed E-state index contributed by atoms with van der Waals surface area (Å²) < 4.78 is 0. The van der Waals surface area contributed by atoms with Crippen LogP contribution in [0.4, 0.5) is 0 Å². The fourth-order valence-electron chi connectivity index (χ4n) is 8.14. The van der Waals surface area contributed by atoms with E-state index in [1.165, 1.54) is 102 Å². The Balaban J connectivity index is 1.47. The normalized spacial score (nSPS) is 32.2. The van der Waals surface area contributed by atoms with E-state index in [1.54, 1.807) is 6.08 Å². The largest absolute Gasteiger partial charge is 0.269 e. The van der Waals surface area contributed by atoms with Crippen molar-refractivity contribution in [3.05, 3.63) is 69.3 Å². The smallest absolute Gasteiger partial charge is 0.263 e. The highest BCUT2D eigenvalue weighted by Gasteiger charge is 2.46.